The molecule has 174 valence electrons. The molecule has 0 radical (unpaired) electrons. The summed E-state index contributed by atoms with van der Waals surface area (Å²) in [4.78, 5) is 41.3. The number of hydrogen-bond donors (Lipinski definition) is 3. The number of H-pyrrole nitrogens is 1. The first-order valence-electron chi connectivity index (χ1n) is 9.92. The zero-order chi connectivity index (χ0) is 24.5. The van der Waals surface area contributed by atoms with Gasteiger partial charge < -0.3 is 20.3 Å². The average molecular weight is 478 g/mol. The van der Waals surface area contributed by atoms with E-state index in [-0.39, 0.29) is 23.4 Å². The second kappa shape index (κ2) is 9.19. The lowest BCUT2D eigenvalue weighted by Crippen LogP contribution is -2.47. The number of nitrogens with zero attached hydrogens (tertiary/aromatic N) is 1. The number of aromatic amines is 1. The van der Waals surface area contributed by atoms with Crippen LogP contribution >= 0.6 is 11.6 Å². The summed E-state index contributed by atoms with van der Waals surface area (Å²) in [6.45, 7) is 4.92. The fourth-order valence-electron chi connectivity index (χ4n) is 3.57. The lowest BCUT2D eigenvalue weighted by molar-refractivity contribution is -0.134. The maximum absolute atomic E-state index is 13.7. The van der Waals surface area contributed by atoms with Gasteiger partial charge in [0.15, 0.2) is 11.6 Å². The zero-order valence-electron chi connectivity index (χ0n) is 18.1. The first-order valence-corrected chi connectivity index (χ1v) is 10.3. The minimum atomic E-state index is -1.39. The number of rotatable bonds is 7. The summed E-state index contributed by atoms with van der Waals surface area (Å²) in [5.41, 5.74) is -0.370. The zero-order valence-corrected chi connectivity index (χ0v) is 18.8. The van der Waals surface area contributed by atoms with Crippen molar-refractivity contribution in [1.82, 2.24) is 15.2 Å². The highest BCUT2D eigenvalue weighted by Crippen LogP contribution is 2.34. The van der Waals surface area contributed by atoms with Crippen LogP contribution in [-0.4, -0.2) is 38.8 Å². The van der Waals surface area contributed by atoms with E-state index < -0.39 is 35.1 Å². The highest BCUT2D eigenvalue weighted by Gasteiger charge is 2.35. The third kappa shape index (κ3) is 5.31. The van der Waals surface area contributed by atoms with E-state index in [1.165, 1.54) is 18.2 Å². The first kappa shape index (κ1) is 24.2. The minimum Gasteiger partial charge on any atom is -0.477 e. The molecule has 1 heterocycles. The first-order chi connectivity index (χ1) is 15.4. The normalized spacial score (nSPS) is 12.4. The number of aromatic nitrogens is 1. The van der Waals surface area contributed by atoms with Crippen molar-refractivity contribution in [2.45, 2.75) is 38.9 Å². The summed E-state index contributed by atoms with van der Waals surface area (Å²) in [7, 11) is 0. The monoisotopic (exact) mass is 477 g/mol. The third-order valence-corrected chi connectivity index (χ3v) is 5.09. The van der Waals surface area contributed by atoms with E-state index in [9.17, 15) is 28.3 Å². The minimum absolute atomic E-state index is 0.0469. The largest absolute Gasteiger partial charge is 0.477 e. The van der Waals surface area contributed by atoms with Crippen molar-refractivity contribution in [3.8, 4) is 0 Å². The van der Waals surface area contributed by atoms with Crippen molar-refractivity contribution in [3.05, 3.63) is 69.9 Å². The van der Waals surface area contributed by atoms with Gasteiger partial charge in [0.1, 0.15) is 11.7 Å². The Morgan fingerprint density at radius 2 is 1.88 bits per heavy atom. The van der Waals surface area contributed by atoms with Gasteiger partial charge in [-0.2, -0.15) is 0 Å². The number of halogens is 3. The van der Waals surface area contributed by atoms with Gasteiger partial charge in [-0.05, 0) is 50.6 Å². The Balaban J connectivity index is 2.20. The highest BCUT2D eigenvalue weighted by atomic mass is 35.5. The number of carbonyl (C=O) groups excluding carboxylic acids is 2. The van der Waals surface area contributed by atoms with Crippen LogP contribution in [0, 0.1) is 11.6 Å². The molecule has 2 aromatic carbocycles. The number of fused-ring (bicyclic) bond motifs is 1. The van der Waals surface area contributed by atoms with Crippen molar-refractivity contribution < 1.29 is 28.3 Å². The molecule has 0 saturated heterocycles. The number of hydrogen-bond acceptors (Lipinski definition) is 3. The highest BCUT2D eigenvalue weighted by molar-refractivity contribution is 6.31. The molecule has 3 N–H and O–H groups in total. The predicted octanol–water partition coefficient (Wildman–Crippen LogP) is 4.41. The van der Waals surface area contributed by atoms with Gasteiger partial charge in [0.2, 0.25) is 12.3 Å². The summed E-state index contributed by atoms with van der Waals surface area (Å²) in [5, 5.41) is 13.3. The second-order valence-electron chi connectivity index (χ2n) is 8.58. The molecule has 0 saturated carbocycles. The molecule has 0 bridgehead atoms. The van der Waals surface area contributed by atoms with Gasteiger partial charge in [-0.3, -0.25) is 9.59 Å². The van der Waals surface area contributed by atoms with Crippen LogP contribution in [-0.2, 0) is 16.1 Å². The molecule has 1 unspecified atom stereocenters. The number of benzene rings is 2. The van der Waals surface area contributed by atoms with E-state index in [2.05, 4.69) is 10.3 Å². The molecule has 1 atom stereocenters. The fraction of sp³-hybridized carbons (Fsp3) is 0.261. The Morgan fingerprint density at radius 1 is 1.18 bits per heavy atom. The lowest BCUT2D eigenvalue weighted by atomic mass is 9.98. The fourth-order valence-corrected chi connectivity index (χ4v) is 3.74. The van der Waals surface area contributed by atoms with E-state index >= 15 is 0 Å². The van der Waals surface area contributed by atoms with Gasteiger partial charge in [-0.25, -0.2) is 13.6 Å². The third-order valence-electron chi connectivity index (χ3n) is 4.85. The number of aromatic carboxylic acids is 1. The van der Waals surface area contributed by atoms with E-state index in [0.717, 1.165) is 17.0 Å². The number of nitrogens with one attached hydrogen (secondary N) is 2. The lowest BCUT2D eigenvalue weighted by Gasteiger charge is -2.31. The maximum atomic E-state index is 13.7. The van der Waals surface area contributed by atoms with Crippen LogP contribution < -0.4 is 5.32 Å². The molecule has 0 spiro atoms. The van der Waals surface area contributed by atoms with Crippen LogP contribution in [0.25, 0.3) is 10.9 Å². The van der Waals surface area contributed by atoms with Gasteiger partial charge in [0.25, 0.3) is 0 Å². The molecule has 0 aliphatic rings. The van der Waals surface area contributed by atoms with Crippen LogP contribution in [0.3, 0.4) is 0 Å². The Kier molecular flexibility index (Phi) is 6.73. The van der Waals surface area contributed by atoms with Gasteiger partial charge in [0.05, 0.1) is 0 Å². The van der Waals surface area contributed by atoms with Crippen LogP contribution in [0.4, 0.5) is 8.78 Å². The molecule has 0 aliphatic carbocycles. The molecular weight excluding hydrogens is 456 g/mol. The number of carbonyl (C=O) groups is 3. The Hall–Kier alpha value is -3.46. The van der Waals surface area contributed by atoms with Crippen molar-refractivity contribution in [2.24, 2.45) is 0 Å². The van der Waals surface area contributed by atoms with Crippen LogP contribution in [0.1, 0.15) is 48.4 Å². The van der Waals surface area contributed by atoms with E-state index in [0.29, 0.717) is 22.3 Å². The SMILES string of the molecule is CC(C)(C)NC(=O)C(c1c(C(=O)O)[nH]c2cc(Cl)ccc12)N(C=O)Cc1ccc(F)c(F)c1. The Morgan fingerprint density at radius 3 is 2.45 bits per heavy atom. The number of carboxylic acid groups (broad SMARTS) is 1. The van der Waals surface area contributed by atoms with E-state index in [4.69, 9.17) is 11.6 Å². The molecule has 3 rings (SSSR count). The molecule has 33 heavy (non-hydrogen) atoms. The van der Waals surface area contributed by atoms with Crippen molar-refractivity contribution >= 4 is 40.8 Å². The van der Waals surface area contributed by atoms with Crippen molar-refractivity contribution in [2.75, 3.05) is 0 Å². The van der Waals surface area contributed by atoms with Crippen molar-refractivity contribution in [1.29, 1.82) is 0 Å². The molecule has 7 nitrogen and oxygen atoms in total. The van der Waals surface area contributed by atoms with Crippen LogP contribution in [0.2, 0.25) is 5.02 Å². The Bertz CT molecular complexity index is 1240. The standard InChI is InChI=1S/C23H22ClF2N3O4/c1-23(2,3)28-21(31)20(29(11-30)10-12-4-7-15(25)16(26)8-12)18-14-6-5-13(24)9-17(14)27-19(18)22(32)33/h4-9,11,20,27H,10H2,1-3H3,(H,28,31)(H,32,33). The van der Waals surface area contributed by atoms with E-state index in [1.54, 1.807) is 26.8 Å². The number of amides is 2. The molecule has 10 heteroatoms. The van der Waals surface area contributed by atoms with Gasteiger partial charge in [-0.15, -0.1) is 0 Å². The summed E-state index contributed by atoms with van der Waals surface area (Å²) in [6.07, 6.45) is 0.370. The second-order valence-corrected chi connectivity index (χ2v) is 9.01. The average Bonchev–Trinajstić information content (AvgIpc) is 3.07. The molecular formula is C23H22ClF2N3O4. The molecule has 0 fully saturated rings. The molecule has 3 aromatic rings. The topological polar surface area (TPSA) is 102 Å². The van der Waals surface area contributed by atoms with Crippen LogP contribution in [0.5, 0.6) is 0 Å². The quantitative estimate of drug-likeness (QED) is 0.438. The summed E-state index contributed by atoms with van der Waals surface area (Å²) >= 11 is 6.03. The summed E-state index contributed by atoms with van der Waals surface area (Å²) in [5.74, 6) is -4.15. The van der Waals surface area contributed by atoms with E-state index in [1.807, 2.05) is 0 Å². The smallest absolute Gasteiger partial charge is 0.352 e. The van der Waals surface area contributed by atoms with Gasteiger partial charge >= 0.3 is 5.97 Å². The van der Waals surface area contributed by atoms with Gasteiger partial charge in [-0.1, -0.05) is 23.7 Å². The number of carboxylic acids is 1. The Labute approximate surface area is 193 Å². The maximum Gasteiger partial charge on any atom is 0.352 e. The summed E-state index contributed by atoms with van der Waals surface area (Å²) in [6, 6.07) is 6.30. The van der Waals surface area contributed by atoms with Crippen molar-refractivity contribution in [3.63, 3.8) is 0 Å². The molecule has 2 amide bonds. The molecule has 0 aliphatic heterocycles. The molecule has 1 aromatic heterocycles. The van der Waals surface area contributed by atoms with Crippen LogP contribution in [0.15, 0.2) is 36.4 Å². The van der Waals surface area contributed by atoms with Gasteiger partial charge in [0, 0.05) is 33.6 Å². The predicted molar refractivity (Wildman–Crippen MR) is 119 cm³/mol. The summed E-state index contributed by atoms with van der Waals surface area (Å²) < 4.78 is 27.1.